The number of halogens is 3. The number of aromatic nitrogens is 4. The van der Waals surface area contributed by atoms with Crippen LogP contribution in [0.4, 0.5) is 13.2 Å². The van der Waals surface area contributed by atoms with Crippen molar-refractivity contribution in [3.8, 4) is 0 Å². The summed E-state index contributed by atoms with van der Waals surface area (Å²) in [5, 5.41) is 11.8. The maximum Gasteiger partial charge on any atom is 0.416 e. The number of benzene rings is 1. The van der Waals surface area contributed by atoms with Gasteiger partial charge in [-0.3, -0.25) is 0 Å². The first-order valence-electron chi connectivity index (χ1n) is 6.13. The second-order valence-electron chi connectivity index (χ2n) is 4.50. The third-order valence-corrected chi connectivity index (χ3v) is 4.35. The van der Waals surface area contributed by atoms with E-state index in [1.54, 1.807) is 13.0 Å². The van der Waals surface area contributed by atoms with E-state index in [4.69, 9.17) is 0 Å². The standard InChI is InChI=1S/C13H9F3N4OS/c1-8-18-19-12-6-11(7-17-20(8)12)22(21)10-4-2-9(3-5-10)13(14,15)16/h2-7H,1H3. The largest absolute Gasteiger partial charge is 0.416 e. The van der Waals surface area contributed by atoms with E-state index < -0.39 is 22.5 Å². The first kappa shape index (κ1) is 14.6. The van der Waals surface area contributed by atoms with Crippen LogP contribution in [-0.4, -0.2) is 24.0 Å². The summed E-state index contributed by atoms with van der Waals surface area (Å²) in [6, 6.07) is 5.73. The fourth-order valence-corrected chi connectivity index (χ4v) is 2.90. The van der Waals surface area contributed by atoms with Crippen molar-refractivity contribution >= 4 is 16.4 Å². The van der Waals surface area contributed by atoms with Gasteiger partial charge >= 0.3 is 6.18 Å². The van der Waals surface area contributed by atoms with Gasteiger partial charge in [0.1, 0.15) is 0 Å². The Kier molecular flexibility index (Phi) is 3.44. The van der Waals surface area contributed by atoms with Gasteiger partial charge in [0.05, 0.1) is 27.5 Å². The van der Waals surface area contributed by atoms with E-state index in [9.17, 15) is 17.4 Å². The van der Waals surface area contributed by atoms with E-state index in [2.05, 4.69) is 15.3 Å². The molecule has 3 aromatic rings. The molecule has 1 atom stereocenters. The van der Waals surface area contributed by atoms with Crippen LogP contribution in [0.15, 0.2) is 46.3 Å². The molecule has 0 radical (unpaired) electrons. The highest BCUT2D eigenvalue weighted by atomic mass is 32.2. The van der Waals surface area contributed by atoms with E-state index in [1.165, 1.54) is 22.8 Å². The van der Waals surface area contributed by atoms with Crippen molar-refractivity contribution in [3.05, 3.63) is 47.9 Å². The second kappa shape index (κ2) is 5.16. The van der Waals surface area contributed by atoms with Gasteiger partial charge in [-0.2, -0.15) is 22.8 Å². The minimum Gasteiger partial charge on any atom is -0.249 e. The summed E-state index contributed by atoms with van der Waals surface area (Å²) in [6.07, 6.45) is -3.03. The second-order valence-corrected chi connectivity index (χ2v) is 5.98. The monoisotopic (exact) mass is 326 g/mol. The van der Waals surface area contributed by atoms with Crippen LogP contribution >= 0.6 is 0 Å². The lowest BCUT2D eigenvalue weighted by Gasteiger charge is -2.07. The van der Waals surface area contributed by atoms with Crippen molar-refractivity contribution < 1.29 is 17.4 Å². The molecular formula is C13H9F3N4OS. The Morgan fingerprint density at radius 3 is 2.41 bits per heavy atom. The number of aryl methyl sites for hydroxylation is 1. The molecule has 0 spiro atoms. The fourth-order valence-electron chi connectivity index (χ4n) is 1.89. The predicted octanol–water partition coefficient (Wildman–Crippen LogP) is 2.62. The summed E-state index contributed by atoms with van der Waals surface area (Å²) in [7, 11) is -1.64. The topological polar surface area (TPSA) is 60.2 Å². The average Bonchev–Trinajstić information content (AvgIpc) is 2.87. The average molecular weight is 326 g/mol. The van der Waals surface area contributed by atoms with Crippen molar-refractivity contribution in [2.24, 2.45) is 0 Å². The normalized spacial score (nSPS) is 13.5. The van der Waals surface area contributed by atoms with E-state index in [0.717, 1.165) is 12.1 Å². The van der Waals surface area contributed by atoms with Gasteiger partial charge in [-0.1, -0.05) is 0 Å². The third-order valence-electron chi connectivity index (χ3n) is 3.00. The Morgan fingerprint density at radius 1 is 1.09 bits per heavy atom. The summed E-state index contributed by atoms with van der Waals surface area (Å²) in [4.78, 5) is 0.607. The van der Waals surface area contributed by atoms with Gasteiger partial charge < -0.3 is 0 Å². The number of hydrogen-bond acceptors (Lipinski definition) is 4. The molecular weight excluding hydrogens is 317 g/mol. The van der Waals surface area contributed by atoms with Crippen LogP contribution < -0.4 is 0 Å². The lowest BCUT2D eigenvalue weighted by atomic mass is 10.2. The summed E-state index contributed by atoms with van der Waals surface area (Å²) in [5.41, 5.74) is -0.356. The van der Waals surface area contributed by atoms with Crippen LogP contribution in [0.25, 0.3) is 5.65 Å². The first-order chi connectivity index (χ1) is 10.4. The van der Waals surface area contributed by atoms with Crippen molar-refractivity contribution in [1.82, 2.24) is 19.8 Å². The Balaban J connectivity index is 1.95. The summed E-state index contributed by atoms with van der Waals surface area (Å²) in [5.74, 6) is 0.585. The molecule has 0 aliphatic carbocycles. The number of fused-ring (bicyclic) bond motifs is 1. The maximum atomic E-state index is 12.5. The minimum atomic E-state index is -4.42. The Bertz CT molecular complexity index is 858. The van der Waals surface area contributed by atoms with Gasteiger partial charge in [-0.15, -0.1) is 10.2 Å². The van der Waals surface area contributed by atoms with Crippen molar-refractivity contribution in [2.75, 3.05) is 0 Å². The molecule has 3 rings (SSSR count). The fraction of sp³-hybridized carbons (Fsp3) is 0.154. The molecule has 114 valence electrons. The molecule has 5 nitrogen and oxygen atoms in total. The summed E-state index contributed by atoms with van der Waals surface area (Å²) in [6.45, 7) is 1.72. The van der Waals surface area contributed by atoms with Crippen LogP contribution in [0.1, 0.15) is 11.4 Å². The van der Waals surface area contributed by atoms with E-state index >= 15 is 0 Å². The molecule has 0 saturated heterocycles. The lowest BCUT2D eigenvalue weighted by molar-refractivity contribution is -0.137. The van der Waals surface area contributed by atoms with Crippen molar-refractivity contribution in [1.29, 1.82) is 0 Å². The maximum absolute atomic E-state index is 12.5. The zero-order valence-electron chi connectivity index (χ0n) is 11.2. The van der Waals surface area contributed by atoms with Crippen LogP contribution in [0.5, 0.6) is 0 Å². The van der Waals surface area contributed by atoms with Gasteiger partial charge in [0.25, 0.3) is 0 Å². The quantitative estimate of drug-likeness (QED) is 0.726. The summed E-state index contributed by atoms with van der Waals surface area (Å²) >= 11 is 0. The minimum absolute atomic E-state index is 0.260. The number of alkyl halides is 3. The molecule has 2 aromatic heterocycles. The molecule has 1 aromatic carbocycles. The molecule has 0 fully saturated rings. The summed E-state index contributed by atoms with van der Waals surface area (Å²) < 4.78 is 51.4. The molecule has 0 aliphatic rings. The molecule has 2 heterocycles. The smallest absolute Gasteiger partial charge is 0.249 e. The molecule has 0 aliphatic heterocycles. The number of nitrogens with zero attached hydrogens (tertiary/aromatic N) is 4. The van der Waals surface area contributed by atoms with Gasteiger partial charge in [-0.05, 0) is 31.2 Å². The molecule has 1 unspecified atom stereocenters. The highest BCUT2D eigenvalue weighted by molar-refractivity contribution is 7.85. The van der Waals surface area contributed by atoms with Crippen LogP contribution in [0.2, 0.25) is 0 Å². The zero-order valence-corrected chi connectivity index (χ0v) is 12.0. The van der Waals surface area contributed by atoms with Gasteiger partial charge in [-0.25, -0.2) is 4.21 Å². The van der Waals surface area contributed by atoms with Crippen molar-refractivity contribution in [3.63, 3.8) is 0 Å². The SMILES string of the molecule is Cc1nnc2cc(S(=O)c3ccc(C(F)(F)F)cc3)cnn12. The zero-order chi connectivity index (χ0) is 15.9. The lowest BCUT2D eigenvalue weighted by Crippen LogP contribution is -2.05. The van der Waals surface area contributed by atoms with E-state index in [-0.39, 0.29) is 4.90 Å². The Labute approximate surface area is 125 Å². The van der Waals surface area contributed by atoms with Crippen LogP contribution in [0.3, 0.4) is 0 Å². The number of hydrogen-bond donors (Lipinski definition) is 0. The molecule has 0 saturated carbocycles. The Morgan fingerprint density at radius 2 is 1.77 bits per heavy atom. The van der Waals surface area contributed by atoms with Gasteiger partial charge in [0.2, 0.25) is 0 Å². The third kappa shape index (κ3) is 2.59. The highest BCUT2D eigenvalue weighted by Gasteiger charge is 2.30. The van der Waals surface area contributed by atoms with E-state index in [1.807, 2.05) is 0 Å². The van der Waals surface area contributed by atoms with Crippen molar-refractivity contribution in [2.45, 2.75) is 22.9 Å². The van der Waals surface area contributed by atoms with Crippen LogP contribution in [0, 0.1) is 6.92 Å². The molecule has 22 heavy (non-hydrogen) atoms. The predicted molar refractivity (Wildman–Crippen MR) is 71.6 cm³/mol. The molecule has 9 heteroatoms. The number of rotatable bonds is 2. The highest BCUT2D eigenvalue weighted by Crippen LogP contribution is 2.30. The van der Waals surface area contributed by atoms with Crippen LogP contribution in [-0.2, 0) is 17.0 Å². The molecule has 0 N–H and O–H groups in total. The van der Waals surface area contributed by atoms with Gasteiger partial charge in [0.15, 0.2) is 11.5 Å². The molecule has 0 amide bonds. The van der Waals surface area contributed by atoms with Gasteiger partial charge in [0, 0.05) is 11.0 Å². The Hall–Kier alpha value is -2.29. The first-order valence-corrected chi connectivity index (χ1v) is 7.28. The van der Waals surface area contributed by atoms with E-state index in [0.29, 0.717) is 16.4 Å². The molecule has 0 bridgehead atoms.